The van der Waals surface area contributed by atoms with Crippen LogP contribution in [0.25, 0.3) is 0 Å². The van der Waals surface area contributed by atoms with E-state index in [0.29, 0.717) is 0 Å². The lowest BCUT2D eigenvalue weighted by molar-refractivity contribution is 0.194. The van der Waals surface area contributed by atoms with Crippen LogP contribution in [0, 0.1) is 0 Å². The zero-order valence-electron chi connectivity index (χ0n) is 12.2. The van der Waals surface area contributed by atoms with Gasteiger partial charge in [-0.25, -0.2) is 9.78 Å². The topological polar surface area (TPSA) is 48.5 Å². The van der Waals surface area contributed by atoms with E-state index in [-0.39, 0.29) is 6.03 Å². The Morgan fingerprint density at radius 3 is 2.70 bits per heavy atom. The zero-order valence-corrected chi connectivity index (χ0v) is 12.2. The molecule has 5 heteroatoms. The van der Waals surface area contributed by atoms with E-state index >= 15 is 0 Å². The molecular formula is C15H24N4O. The lowest BCUT2D eigenvalue weighted by Gasteiger charge is -2.35. The van der Waals surface area contributed by atoms with E-state index in [1.807, 2.05) is 29.3 Å². The lowest BCUT2D eigenvalue weighted by atomic mass is 10.2. The maximum atomic E-state index is 12.0. The third-order valence-corrected chi connectivity index (χ3v) is 3.60. The predicted octanol–water partition coefficient (Wildman–Crippen LogP) is 2.10. The number of aromatic nitrogens is 1. The molecule has 0 aromatic carbocycles. The van der Waals surface area contributed by atoms with Crippen LogP contribution in [0.2, 0.25) is 0 Å². The minimum Gasteiger partial charge on any atom is -0.353 e. The molecule has 1 fully saturated rings. The third-order valence-electron chi connectivity index (χ3n) is 3.60. The van der Waals surface area contributed by atoms with Crippen molar-refractivity contribution in [3.63, 3.8) is 0 Å². The molecule has 0 atom stereocenters. The fourth-order valence-electron chi connectivity index (χ4n) is 2.36. The van der Waals surface area contributed by atoms with Crippen molar-refractivity contribution < 1.29 is 4.79 Å². The first-order chi connectivity index (χ1) is 9.81. The van der Waals surface area contributed by atoms with Gasteiger partial charge in [0.1, 0.15) is 5.82 Å². The lowest BCUT2D eigenvalue weighted by Crippen LogP contribution is -2.52. The minimum absolute atomic E-state index is 0.0711. The van der Waals surface area contributed by atoms with Crippen molar-refractivity contribution in [3.05, 3.63) is 24.4 Å². The van der Waals surface area contributed by atoms with E-state index in [0.717, 1.165) is 45.0 Å². The molecule has 0 spiro atoms. The normalized spacial score (nSPS) is 15.2. The summed E-state index contributed by atoms with van der Waals surface area (Å²) in [5.74, 6) is 0.996. The molecular weight excluding hydrogens is 252 g/mol. The second-order valence-electron chi connectivity index (χ2n) is 5.10. The van der Waals surface area contributed by atoms with Crippen molar-refractivity contribution in [2.45, 2.75) is 26.2 Å². The number of rotatable bonds is 5. The van der Waals surface area contributed by atoms with Crippen LogP contribution in [0.15, 0.2) is 24.4 Å². The monoisotopic (exact) mass is 276 g/mol. The predicted molar refractivity (Wildman–Crippen MR) is 80.9 cm³/mol. The molecule has 1 saturated heterocycles. The van der Waals surface area contributed by atoms with Crippen molar-refractivity contribution in [1.29, 1.82) is 0 Å². The van der Waals surface area contributed by atoms with Crippen LogP contribution in [0.1, 0.15) is 26.2 Å². The smallest absolute Gasteiger partial charge is 0.317 e. The van der Waals surface area contributed by atoms with Gasteiger partial charge in [-0.1, -0.05) is 25.8 Å². The summed E-state index contributed by atoms with van der Waals surface area (Å²) in [6, 6.07) is 6.00. The van der Waals surface area contributed by atoms with E-state index in [9.17, 15) is 4.79 Å². The standard InChI is InChI=1S/C15H24N4O/c1-2-3-5-9-17-15(20)19-12-10-18(11-13-19)14-7-4-6-8-16-14/h4,6-8H,2-3,5,9-13H2,1H3,(H,17,20). The van der Waals surface area contributed by atoms with E-state index in [1.54, 1.807) is 0 Å². The molecule has 110 valence electrons. The Hall–Kier alpha value is -1.78. The Labute approximate surface area is 121 Å². The summed E-state index contributed by atoms with van der Waals surface area (Å²) in [6.07, 6.45) is 5.23. The van der Waals surface area contributed by atoms with Crippen molar-refractivity contribution >= 4 is 11.8 Å². The van der Waals surface area contributed by atoms with Gasteiger partial charge in [0.2, 0.25) is 0 Å². The quantitative estimate of drug-likeness (QED) is 0.838. The molecule has 2 heterocycles. The van der Waals surface area contributed by atoms with Gasteiger partial charge >= 0.3 is 6.03 Å². The fraction of sp³-hybridized carbons (Fsp3) is 0.600. The molecule has 1 aliphatic heterocycles. The van der Waals surface area contributed by atoms with Crippen LogP contribution in [-0.4, -0.2) is 48.6 Å². The number of hydrogen-bond acceptors (Lipinski definition) is 3. The second-order valence-corrected chi connectivity index (χ2v) is 5.10. The van der Waals surface area contributed by atoms with Crippen molar-refractivity contribution in [3.8, 4) is 0 Å². The first-order valence-corrected chi connectivity index (χ1v) is 7.50. The van der Waals surface area contributed by atoms with Gasteiger partial charge in [-0.15, -0.1) is 0 Å². The van der Waals surface area contributed by atoms with E-state index in [2.05, 4.69) is 22.1 Å². The van der Waals surface area contributed by atoms with Crippen LogP contribution < -0.4 is 10.2 Å². The largest absolute Gasteiger partial charge is 0.353 e. The van der Waals surface area contributed by atoms with Gasteiger partial charge in [0.25, 0.3) is 0 Å². The summed E-state index contributed by atoms with van der Waals surface area (Å²) < 4.78 is 0. The number of urea groups is 1. The number of amides is 2. The van der Waals surface area contributed by atoms with Gasteiger partial charge in [0.05, 0.1) is 0 Å². The highest BCUT2D eigenvalue weighted by Crippen LogP contribution is 2.12. The zero-order chi connectivity index (χ0) is 14.2. The average molecular weight is 276 g/mol. The molecule has 2 rings (SSSR count). The van der Waals surface area contributed by atoms with E-state index < -0.39 is 0 Å². The molecule has 5 nitrogen and oxygen atoms in total. The van der Waals surface area contributed by atoms with Crippen molar-refractivity contribution in [2.75, 3.05) is 37.6 Å². The molecule has 2 amide bonds. The Morgan fingerprint density at radius 1 is 1.25 bits per heavy atom. The highest BCUT2D eigenvalue weighted by Gasteiger charge is 2.21. The van der Waals surface area contributed by atoms with Crippen LogP contribution in [-0.2, 0) is 0 Å². The van der Waals surface area contributed by atoms with Crippen LogP contribution in [0.3, 0.4) is 0 Å². The maximum Gasteiger partial charge on any atom is 0.317 e. The number of carbonyl (C=O) groups excluding carboxylic acids is 1. The first kappa shape index (κ1) is 14.6. The Kier molecular flexibility index (Phi) is 5.65. The van der Waals surface area contributed by atoms with E-state index in [1.165, 1.54) is 12.8 Å². The summed E-state index contributed by atoms with van der Waals surface area (Å²) in [4.78, 5) is 20.5. The SMILES string of the molecule is CCCCCNC(=O)N1CCN(c2ccccn2)CC1. The third kappa shape index (κ3) is 4.11. The molecule has 1 aromatic rings. The number of nitrogens with zero attached hydrogens (tertiary/aromatic N) is 3. The molecule has 0 unspecified atom stereocenters. The number of hydrogen-bond donors (Lipinski definition) is 1. The first-order valence-electron chi connectivity index (χ1n) is 7.50. The molecule has 1 aliphatic rings. The molecule has 0 saturated carbocycles. The number of carbonyl (C=O) groups is 1. The number of nitrogens with one attached hydrogen (secondary N) is 1. The van der Waals surface area contributed by atoms with Crippen molar-refractivity contribution in [2.24, 2.45) is 0 Å². The van der Waals surface area contributed by atoms with Crippen LogP contribution in [0.4, 0.5) is 10.6 Å². The molecule has 20 heavy (non-hydrogen) atoms. The highest BCUT2D eigenvalue weighted by atomic mass is 16.2. The number of anilines is 1. The molecule has 0 aliphatic carbocycles. The van der Waals surface area contributed by atoms with Crippen LogP contribution in [0.5, 0.6) is 0 Å². The van der Waals surface area contributed by atoms with Gasteiger partial charge in [-0.05, 0) is 18.6 Å². The van der Waals surface area contributed by atoms with Gasteiger partial charge in [0, 0.05) is 38.9 Å². The summed E-state index contributed by atoms with van der Waals surface area (Å²) in [7, 11) is 0. The number of unbranched alkanes of at least 4 members (excludes halogenated alkanes) is 2. The molecule has 0 bridgehead atoms. The highest BCUT2D eigenvalue weighted by molar-refractivity contribution is 5.74. The molecule has 1 aromatic heterocycles. The molecule has 0 radical (unpaired) electrons. The molecule has 1 N–H and O–H groups in total. The minimum atomic E-state index is 0.0711. The van der Waals surface area contributed by atoms with Gasteiger partial charge in [-0.2, -0.15) is 0 Å². The summed E-state index contributed by atoms with van der Waals surface area (Å²) >= 11 is 0. The van der Waals surface area contributed by atoms with Gasteiger partial charge in [0.15, 0.2) is 0 Å². The number of piperazine rings is 1. The summed E-state index contributed by atoms with van der Waals surface area (Å²) in [5.41, 5.74) is 0. The summed E-state index contributed by atoms with van der Waals surface area (Å²) in [6.45, 7) is 6.16. The Morgan fingerprint density at radius 2 is 2.05 bits per heavy atom. The average Bonchev–Trinajstić information content (AvgIpc) is 2.52. The Bertz CT molecular complexity index is 402. The van der Waals surface area contributed by atoms with Crippen LogP contribution >= 0.6 is 0 Å². The van der Waals surface area contributed by atoms with Gasteiger partial charge in [-0.3, -0.25) is 0 Å². The van der Waals surface area contributed by atoms with E-state index in [4.69, 9.17) is 0 Å². The van der Waals surface area contributed by atoms with Crippen molar-refractivity contribution in [1.82, 2.24) is 15.2 Å². The summed E-state index contributed by atoms with van der Waals surface area (Å²) in [5, 5.41) is 2.99. The Balaban J connectivity index is 1.72. The fourth-order valence-corrected chi connectivity index (χ4v) is 2.36. The number of pyridine rings is 1. The maximum absolute atomic E-state index is 12.0. The second kappa shape index (κ2) is 7.72. The van der Waals surface area contributed by atoms with Gasteiger partial charge < -0.3 is 15.1 Å².